The van der Waals surface area contributed by atoms with E-state index >= 15 is 0 Å². The van der Waals surface area contributed by atoms with Gasteiger partial charge < -0.3 is 11.1 Å². The summed E-state index contributed by atoms with van der Waals surface area (Å²) in [5.74, 6) is 1.33. The molecule has 3 nitrogen and oxygen atoms in total. The van der Waals surface area contributed by atoms with Crippen molar-refractivity contribution >= 4 is 5.91 Å². The molecule has 0 radical (unpaired) electrons. The number of carbonyl (C=O) groups is 1. The highest BCUT2D eigenvalue weighted by molar-refractivity contribution is 5.76. The Morgan fingerprint density at radius 3 is 2.67 bits per heavy atom. The van der Waals surface area contributed by atoms with Crippen LogP contribution in [0.25, 0.3) is 0 Å². The third-order valence-electron chi connectivity index (χ3n) is 4.81. The van der Waals surface area contributed by atoms with Crippen LogP contribution in [-0.4, -0.2) is 19.0 Å². The molecule has 0 saturated heterocycles. The van der Waals surface area contributed by atoms with E-state index in [-0.39, 0.29) is 5.91 Å². The lowest BCUT2D eigenvalue weighted by Gasteiger charge is -2.30. The Hall–Kier alpha value is -1.35. The Morgan fingerprint density at radius 2 is 1.95 bits per heavy atom. The first-order valence-corrected chi connectivity index (χ1v) is 8.22. The Kier molecular flexibility index (Phi) is 6.24. The predicted molar refractivity (Wildman–Crippen MR) is 87.0 cm³/mol. The van der Waals surface area contributed by atoms with E-state index in [2.05, 4.69) is 24.4 Å². The van der Waals surface area contributed by atoms with Gasteiger partial charge in [-0.3, -0.25) is 4.79 Å². The number of nitrogens with one attached hydrogen (secondary N) is 1. The monoisotopic (exact) mass is 288 g/mol. The van der Waals surface area contributed by atoms with Gasteiger partial charge in [0.2, 0.25) is 5.91 Å². The molecular weight excluding hydrogens is 260 g/mol. The largest absolute Gasteiger partial charge is 0.356 e. The molecule has 0 spiro atoms. The van der Waals surface area contributed by atoms with E-state index in [9.17, 15) is 4.79 Å². The Labute approximate surface area is 128 Å². The molecule has 1 aliphatic carbocycles. The first-order valence-electron chi connectivity index (χ1n) is 8.22. The Bertz CT molecular complexity index is 458. The average Bonchev–Trinajstić information content (AvgIpc) is 2.52. The van der Waals surface area contributed by atoms with Gasteiger partial charge in [0.15, 0.2) is 0 Å². The third-order valence-corrected chi connectivity index (χ3v) is 4.81. The second kappa shape index (κ2) is 8.18. The van der Waals surface area contributed by atoms with Gasteiger partial charge in [-0.15, -0.1) is 0 Å². The maximum Gasteiger partial charge on any atom is 0.220 e. The summed E-state index contributed by atoms with van der Waals surface area (Å²) in [6.45, 7) is 3.65. The maximum absolute atomic E-state index is 12.0. The van der Waals surface area contributed by atoms with Crippen LogP contribution in [0.3, 0.4) is 0 Å². The second-order valence-electron chi connectivity index (χ2n) is 6.27. The molecule has 0 aliphatic heterocycles. The van der Waals surface area contributed by atoms with Crippen molar-refractivity contribution in [2.75, 3.05) is 13.1 Å². The van der Waals surface area contributed by atoms with E-state index in [4.69, 9.17) is 5.73 Å². The van der Waals surface area contributed by atoms with E-state index in [0.717, 1.165) is 19.5 Å². The van der Waals surface area contributed by atoms with Gasteiger partial charge in [-0.05, 0) is 55.7 Å². The number of benzene rings is 1. The lowest BCUT2D eigenvalue weighted by atomic mass is 9.79. The quantitative estimate of drug-likeness (QED) is 0.845. The molecule has 3 N–H and O–H groups in total. The highest BCUT2D eigenvalue weighted by Gasteiger charge is 2.24. The van der Waals surface area contributed by atoms with Crippen molar-refractivity contribution in [3.05, 3.63) is 35.4 Å². The first kappa shape index (κ1) is 16.0. The SMILES string of the molecule is Cc1ccccc1CCC(=O)NCC1CCCCC1CN. The molecule has 1 aromatic rings. The van der Waals surface area contributed by atoms with Gasteiger partial charge in [0, 0.05) is 13.0 Å². The van der Waals surface area contributed by atoms with Crippen molar-refractivity contribution in [3.8, 4) is 0 Å². The van der Waals surface area contributed by atoms with E-state index in [1.54, 1.807) is 0 Å². The number of rotatable bonds is 6. The van der Waals surface area contributed by atoms with Crippen LogP contribution < -0.4 is 11.1 Å². The molecule has 1 fully saturated rings. The highest BCUT2D eigenvalue weighted by Crippen LogP contribution is 2.28. The van der Waals surface area contributed by atoms with Crippen LogP contribution in [0.2, 0.25) is 0 Å². The average molecular weight is 288 g/mol. The molecule has 0 aromatic heterocycles. The minimum absolute atomic E-state index is 0.166. The maximum atomic E-state index is 12.0. The van der Waals surface area contributed by atoms with Crippen molar-refractivity contribution in [3.63, 3.8) is 0 Å². The molecule has 0 bridgehead atoms. The fourth-order valence-electron chi connectivity index (χ4n) is 3.34. The summed E-state index contributed by atoms with van der Waals surface area (Å²) in [4.78, 5) is 12.0. The lowest BCUT2D eigenvalue weighted by molar-refractivity contribution is -0.121. The molecule has 0 heterocycles. The van der Waals surface area contributed by atoms with Gasteiger partial charge in [-0.25, -0.2) is 0 Å². The zero-order valence-electron chi connectivity index (χ0n) is 13.1. The molecule has 2 atom stereocenters. The number of amides is 1. The van der Waals surface area contributed by atoms with Gasteiger partial charge in [0.25, 0.3) is 0 Å². The van der Waals surface area contributed by atoms with Crippen molar-refractivity contribution in [1.82, 2.24) is 5.32 Å². The molecule has 1 aromatic carbocycles. The molecule has 2 unspecified atom stereocenters. The summed E-state index contributed by atoms with van der Waals surface area (Å²) in [5.41, 5.74) is 8.37. The molecule has 1 aliphatic rings. The van der Waals surface area contributed by atoms with E-state index in [1.165, 1.54) is 36.8 Å². The van der Waals surface area contributed by atoms with Gasteiger partial charge in [0.05, 0.1) is 0 Å². The summed E-state index contributed by atoms with van der Waals surface area (Å²) in [6, 6.07) is 8.28. The van der Waals surface area contributed by atoms with Gasteiger partial charge in [-0.1, -0.05) is 37.1 Å². The Morgan fingerprint density at radius 1 is 1.24 bits per heavy atom. The first-order chi connectivity index (χ1) is 10.2. The minimum atomic E-state index is 0.166. The number of aryl methyl sites for hydroxylation is 2. The fourth-order valence-corrected chi connectivity index (χ4v) is 3.34. The van der Waals surface area contributed by atoms with Crippen molar-refractivity contribution < 1.29 is 4.79 Å². The molecule has 3 heteroatoms. The Balaban J connectivity index is 1.73. The normalized spacial score (nSPS) is 22.0. The van der Waals surface area contributed by atoms with E-state index < -0.39 is 0 Å². The summed E-state index contributed by atoms with van der Waals surface area (Å²) >= 11 is 0. The van der Waals surface area contributed by atoms with Gasteiger partial charge in [-0.2, -0.15) is 0 Å². The standard InChI is InChI=1S/C18H28N2O/c1-14-6-2-3-7-15(14)10-11-18(21)20-13-17-9-5-4-8-16(17)12-19/h2-3,6-7,16-17H,4-5,8-13,19H2,1H3,(H,20,21). The van der Waals surface area contributed by atoms with Crippen LogP contribution in [0, 0.1) is 18.8 Å². The fraction of sp³-hybridized carbons (Fsp3) is 0.611. The topological polar surface area (TPSA) is 55.1 Å². The van der Waals surface area contributed by atoms with Crippen molar-refractivity contribution in [1.29, 1.82) is 0 Å². The molecular formula is C18H28N2O. The molecule has 1 amide bonds. The molecule has 116 valence electrons. The zero-order chi connectivity index (χ0) is 15.1. The van der Waals surface area contributed by atoms with Crippen LogP contribution in [-0.2, 0) is 11.2 Å². The number of hydrogen-bond acceptors (Lipinski definition) is 2. The van der Waals surface area contributed by atoms with Gasteiger partial charge >= 0.3 is 0 Å². The summed E-state index contributed by atoms with van der Waals surface area (Å²) in [6.07, 6.45) is 6.40. The molecule has 1 saturated carbocycles. The number of hydrogen-bond donors (Lipinski definition) is 2. The van der Waals surface area contributed by atoms with E-state index in [0.29, 0.717) is 18.3 Å². The number of nitrogens with two attached hydrogens (primary N) is 1. The summed E-state index contributed by atoms with van der Waals surface area (Å²) in [5, 5.41) is 3.11. The van der Waals surface area contributed by atoms with Crippen LogP contribution in [0.1, 0.15) is 43.2 Å². The summed E-state index contributed by atoms with van der Waals surface area (Å²) in [7, 11) is 0. The predicted octanol–water partition coefficient (Wildman–Crippen LogP) is 2.81. The smallest absolute Gasteiger partial charge is 0.220 e. The lowest BCUT2D eigenvalue weighted by Crippen LogP contribution is -2.37. The summed E-state index contributed by atoms with van der Waals surface area (Å²) < 4.78 is 0. The molecule has 21 heavy (non-hydrogen) atoms. The van der Waals surface area contributed by atoms with Crippen LogP contribution in [0.15, 0.2) is 24.3 Å². The second-order valence-corrected chi connectivity index (χ2v) is 6.27. The highest BCUT2D eigenvalue weighted by atomic mass is 16.1. The minimum Gasteiger partial charge on any atom is -0.356 e. The third kappa shape index (κ3) is 4.85. The zero-order valence-corrected chi connectivity index (χ0v) is 13.1. The molecule has 2 rings (SSSR count). The van der Waals surface area contributed by atoms with Crippen LogP contribution >= 0.6 is 0 Å². The van der Waals surface area contributed by atoms with E-state index in [1.807, 2.05) is 12.1 Å². The van der Waals surface area contributed by atoms with Crippen LogP contribution in [0.5, 0.6) is 0 Å². The van der Waals surface area contributed by atoms with Gasteiger partial charge in [0.1, 0.15) is 0 Å². The van der Waals surface area contributed by atoms with Crippen molar-refractivity contribution in [2.24, 2.45) is 17.6 Å². The van der Waals surface area contributed by atoms with Crippen LogP contribution in [0.4, 0.5) is 0 Å². The van der Waals surface area contributed by atoms with Crippen molar-refractivity contribution in [2.45, 2.75) is 45.4 Å². The number of carbonyl (C=O) groups excluding carboxylic acids is 1.